The highest BCUT2D eigenvalue weighted by molar-refractivity contribution is 5.80. The first-order valence-electron chi connectivity index (χ1n) is 11.8. The van der Waals surface area contributed by atoms with Gasteiger partial charge in [-0.15, -0.1) is 0 Å². The third kappa shape index (κ3) is 3.74. The second-order valence-electron chi connectivity index (χ2n) is 9.39. The number of aliphatic imine (C=N–C) groups is 1. The van der Waals surface area contributed by atoms with Crippen molar-refractivity contribution < 1.29 is 9.47 Å². The molecular formula is C24H36N4O2. The van der Waals surface area contributed by atoms with Crippen LogP contribution in [0.15, 0.2) is 29.3 Å². The summed E-state index contributed by atoms with van der Waals surface area (Å²) in [7, 11) is 1.89. The summed E-state index contributed by atoms with van der Waals surface area (Å²) in [5.74, 6) is 1.58. The summed E-state index contributed by atoms with van der Waals surface area (Å²) in [4.78, 5) is 7.05. The molecule has 3 atom stereocenters. The number of guanidine groups is 1. The predicted octanol–water partition coefficient (Wildman–Crippen LogP) is 2.53. The molecule has 4 aliphatic rings. The number of nitrogens with zero attached hydrogens (tertiary/aromatic N) is 2. The maximum absolute atomic E-state index is 6.14. The second-order valence-corrected chi connectivity index (χ2v) is 9.39. The Labute approximate surface area is 180 Å². The van der Waals surface area contributed by atoms with Crippen LogP contribution in [0.3, 0.4) is 0 Å². The van der Waals surface area contributed by atoms with Gasteiger partial charge in [-0.3, -0.25) is 9.89 Å². The Morgan fingerprint density at radius 2 is 1.90 bits per heavy atom. The van der Waals surface area contributed by atoms with E-state index in [9.17, 15) is 0 Å². The standard InChI is InChI=1S/C24H36N4O2/c1-25-23(27-21-20-8-13-30-22(20)24(21)9-4-5-10-24)26-16-18-6-2-3-7-19(18)17-28-11-14-29-15-12-28/h2-3,6-7,20-22H,4-5,8-17H2,1H3,(H2,25,26,27). The van der Waals surface area contributed by atoms with Gasteiger partial charge in [0, 0.05) is 57.2 Å². The molecular weight excluding hydrogens is 376 g/mol. The van der Waals surface area contributed by atoms with Crippen LogP contribution in [0.1, 0.15) is 43.2 Å². The highest BCUT2D eigenvalue weighted by atomic mass is 16.5. The van der Waals surface area contributed by atoms with Crippen LogP contribution in [-0.2, 0) is 22.6 Å². The minimum atomic E-state index is 0.340. The second kappa shape index (κ2) is 8.85. The summed E-state index contributed by atoms with van der Waals surface area (Å²) in [6, 6.07) is 9.27. The fourth-order valence-corrected chi connectivity index (χ4v) is 6.31. The van der Waals surface area contributed by atoms with Crippen molar-refractivity contribution in [3.8, 4) is 0 Å². The highest BCUT2D eigenvalue weighted by Gasteiger charge is 2.65. The van der Waals surface area contributed by atoms with Crippen molar-refractivity contribution in [1.82, 2.24) is 15.5 Å². The van der Waals surface area contributed by atoms with E-state index in [0.717, 1.165) is 52.0 Å². The lowest BCUT2D eigenvalue weighted by molar-refractivity contribution is -0.125. The van der Waals surface area contributed by atoms with Gasteiger partial charge < -0.3 is 20.1 Å². The molecule has 2 saturated carbocycles. The van der Waals surface area contributed by atoms with Crippen LogP contribution in [0.25, 0.3) is 0 Å². The molecule has 2 N–H and O–H groups in total. The van der Waals surface area contributed by atoms with Crippen molar-refractivity contribution in [3.05, 3.63) is 35.4 Å². The lowest BCUT2D eigenvalue weighted by atomic mass is 9.54. The van der Waals surface area contributed by atoms with E-state index in [0.29, 0.717) is 23.5 Å². The third-order valence-electron chi connectivity index (χ3n) is 7.86. The monoisotopic (exact) mass is 412 g/mol. The zero-order valence-corrected chi connectivity index (χ0v) is 18.2. The van der Waals surface area contributed by atoms with Crippen LogP contribution in [0, 0.1) is 11.3 Å². The third-order valence-corrected chi connectivity index (χ3v) is 7.86. The van der Waals surface area contributed by atoms with Crippen molar-refractivity contribution in [3.63, 3.8) is 0 Å². The Hall–Kier alpha value is -1.63. The molecule has 1 aromatic carbocycles. The highest BCUT2D eigenvalue weighted by Crippen LogP contribution is 2.60. The van der Waals surface area contributed by atoms with Crippen molar-refractivity contribution >= 4 is 5.96 Å². The van der Waals surface area contributed by atoms with Crippen LogP contribution in [0.2, 0.25) is 0 Å². The van der Waals surface area contributed by atoms with E-state index >= 15 is 0 Å². The molecule has 6 nitrogen and oxygen atoms in total. The lowest BCUT2D eigenvalue weighted by Crippen LogP contribution is -2.69. The Balaban J connectivity index is 1.22. The van der Waals surface area contributed by atoms with Gasteiger partial charge in [0.25, 0.3) is 0 Å². The van der Waals surface area contributed by atoms with Crippen LogP contribution in [0.5, 0.6) is 0 Å². The van der Waals surface area contributed by atoms with Crippen molar-refractivity contribution in [2.45, 2.75) is 57.3 Å². The van der Waals surface area contributed by atoms with Crippen LogP contribution in [0.4, 0.5) is 0 Å². The van der Waals surface area contributed by atoms with Gasteiger partial charge in [0.2, 0.25) is 0 Å². The Bertz CT molecular complexity index is 755. The number of morpholine rings is 1. The fraction of sp³-hybridized carbons (Fsp3) is 0.708. The van der Waals surface area contributed by atoms with E-state index in [-0.39, 0.29) is 0 Å². The van der Waals surface area contributed by atoms with E-state index in [2.05, 4.69) is 44.8 Å². The van der Waals surface area contributed by atoms with Crippen molar-refractivity contribution in [1.29, 1.82) is 0 Å². The molecule has 5 rings (SSSR count). The van der Waals surface area contributed by atoms with Crippen molar-refractivity contribution in [2.24, 2.45) is 16.3 Å². The zero-order valence-electron chi connectivity index (χ0n) is 18.2. The van der Waals surface area contributed by atoms with Gasteiger partial charge in [0.1, 0.15) is 0 Å². The SMILES string of the molecule is CN=C(NCc1ccccc1CN1CCOCC1)NC1C2CCOC2C12CCCC2. The summed E-state index contributed by atoms with van der Waals surface area (Å²) in [5, 5.41) is 7.41. The molecule has 0 bridgehead atoms. The zero-order chi connectivity index (χ0) is 20.4. The normalized spacial score (nSPS) is 30.8. The largest absolute Gasteiger partial charge is 0.379 e. The number of nitrogens with one attached hydrogen (secondary N) is 2. The topological polar surface area (TPSA) is 58.1 Å². The molecule has 4 fully saturated rings. The van der Waals surface area contributed by atoms with E-state index in [1.807, 2.05) is 7.05 Å². The van der Waals surface area contributed by atoms with Crippen molar-refractivity contribution in [2.75, 3.05) is 40.0 Å². The van der Waals surface area contributed by atoms with Gasteiger partial charge in [0.05, 0.1) is 19.3 Å². The number of fused-ring (bicyclic) bond motifs is 2. The van der Waals surface area contributed by atoms with Crippen LogP contribution in [-0.4, -0.2) is 63.0 Å². The van der Waals surface area contributed by atoms with Gasteiger partial charge in [-0.2, -0.15) is 0 Å². The first-order chi connectivity index (χ1) is 14.8. The summed E-state index contributed by atoms with van der Waals surface area (Å²) in [6.07, 6.45) is 6.93. The molecule has 3 unspecified atom stereocenters. The first kappa shape index (κ1) is 20.3. The number of hydrogen-bond acceptors (Lipinski definition) is 4. The average Bonchev–Trinajstić information content (AvgIpc) is 3.45. The Morgan fingerprint density at radius 3 is 2.67 bits per heavy atom. The minimum Gasteiger partial charge on any atom is -0.379 e. The molecule has 2 aliphatic carbocycles. The average molecular weight is 413 g/mol. The van der Waals surface area contributed by atoms with Crippen LogP contribution < -0.4 is 10.6 Å². The number of ether oxygens (including phenoxy) is 2. The molecule has 164 valence electrons. The molecule has 30 heavy (non-hydrogen) atoms. The number of hydrogen-bond donors (Lipinski definition) is 2. The minimum absolute atomic E-state index is 0.340. The number of benzene rings is 1. The summed E-state index contributed by atoms with van der Waals surface area (Å²) in [6.45, 7) is 6.41. The molecule has 0 amide bonds. The predicted molar refractivity (Wildman–Crippen MR) is 118 cm³/mol. The molecule has 2 saturated heterocycles. The first-order valence-corrected chi connectivity index (χ1v) is 11.8. The van der Waals surface area contributed by atoms with E-state index < -0.39 is 0 Å². The smallest absolute Gasteiger partial charge is 0.191 e. The summed E-state index contributed by atoms with van der Waals surface area (Å²) in [5.41, 5.74) is 3.08. The quantitative estimate of drug-likeness (QED) is 0.575. The summed E-state index contributed by atoms with van der Waals surface area (Å²) >= 11 is 0. The molecule has 2 heterocycles. The molecule has 1 spiro atoms. The maximum atomic E-state index is 6.14. The van der Waals surface area contributed by atoms with Gasteiger partial charge in [-0.05, 0) is 30.4 Å². The maximum Gasteiger partial charge on any atom is 0.191 e. The van der Waals surface area contributed by atoms with Crippen LogP contribution >= 0.6 is 0 Å². The molecule has 0 radical (unpaired) electrons. The lowest BCUT2D eigenvalue weighted by Gasteiger charge is -2.57. The van der Waals surface area contributed by atoms with E-state index in [1.165, 1.54) is 43.2 Å². The number of rotatable bonds is 5. The molecule has 6 heteroatoms. The van der Waals surface area contributed by atoms with Gasteiger partial charge in [0.15, 0.2) is 5.96 Å². The molecule has 1 aromatic rings. The Kier molecular flexibility index (Phi) is 5.98. The van der Waals surface area contributed by atoms with Gasteiger partial charge in [-0.25, -0.2) is 0 Å². The van der Waals surface area contributed by atoms with Gasteiger partial charge >= 0.3 is 0 Å². The Morgan fingerprint density at radius 1 is 1.13 bits per heavy atom. The van der Waals surface area contributed by atoms with E-state index in [1.54, 1.807) is 0 Å². The molecule has 2 aliphatic heterocycles. The van der Waals surface area contributed by atoms with E-state index in [4.69, 9.17) is 9.47 Å². The van der Waals surface area contributed by atoms with Gasteiger partial charge in [-0.1, -0.05) is 37.1 Å². The fourth-order valence-electron chi connectivity index (χ4n) is 6.31. The molecule has 0 aromatic heterocycles. The summed E-state index contributed by atoms with van der Waals surface area (Å²) < 4.78 is 11.6.